The van der Waals surface area contributed by atoms with E-state index in [0.29, 0.717) is 23.6 Å². The van der Waals surface area contributed by atoms with Crippen molar-refractivity contribution in [3.63, 3.8) is 0 Å². The van der Waals surface area contributed by atoms with Gasteiger partial charge in [0.2, 0.25) is 10.0 Å². The van der Waals surface area contributed by atoms with Crippen molar-refractivity contribution >= 4 is 33.2 Å². The van der Waals surface area contributed by atoms with Crippen LogP contribution in [0.2, 0.25) is 5.02 Å². The molecular formula is C23H22ClFN2O4S. The molecule has 3 rings (SSSR count). The lowest BCUT2D eigenvalue weighted by Crippen LogP contribution is -2.27. The van der Waals surface area contributed by atoms with E-state index >= 15 is 0 Å². The van der Waals surface area contributed by atoms with E-state index in [4.69, 9.17) is 16.3 Å². The van der Waals surface area contributed by atoms with Crippen LogP contribution in [0.1, 0.15) is 22.8 Å². The van der Waals surface area contributed by atoms with Gasteiger partial charge in [-0.2, -0.15) is 4.31 Å². The fourth-order valence-electron chi connectivity index (χ4n) is 3.01. The second-order valence-electron chi connectivity index (χ2n) is 6.91. The first kappa shape index (κ1) is 23.7. The van der Waals surface area contributed by atoms with Crippen molar-refractivity contribution < 1.29 is 22.3 Å². The first-order valence-electron chi connectivity index (χ1n) is 9.76. The van der Waals surface area contributed by atoms with E-state index in [1.807, 2.05) is 6.92 Å². The Balaban J connectivity index is 1.87. The third kappa shape index (κ3) is 5.45. The molecule has 0 saturated heterocycles. The molecule has 0 fully saturated rings. The highest BCUT2D eigenvalue weighted by atomic mass is 35.5. The highest BCUT2D eigenvalue weighted by molar-refractivity contribution is 7.89. The van der Waals surface area contributed by atoms with Gasteiger partial charge >= 0.3 is 0 Å². The van der Waals surface area contributed by atoms with Crippen LogP contribution in [-0.2, 0) is 16.6 Å². The van der Waals surface area contributed by atoms with E-state index in [-0.39, 0.29) is 22.0 Å². The maximum Gasteiger partial charge on any atom is 0.255 e. The molecule has 0 aromatic heterocycles. The summed E-state index contributed by atoms with van der Waals surface area (Å²) in [6, 6.07) is 16.7. The first-order valence-corrected chi connectivity index (χ1v) is 11.6. The molecule has 32 heavy (non-hydrogen) atoms. The Labute approximate surface area is 191 Å². The summed E-state index contributed by atoms with van der Waals surface area (Å²) in [5, 5.41) is 2.54. The standard InChI is InChI=1S/C23H22ClFN2O4S/c1-3-31-22-12-9-16(23(28)26-18-10-11-21(25)20(24)14-18)13-17(22)15-27(2)32(29,30)19-7-5-4-6-8-19/h4-14H,3,15H2,1-2H3,(H,26,28). The summed E-state index contributed by atoms with van der Waals surface area (Å²) in [7, 11) is -2.27. The van der Waals surface area contributed by atoms with E-state index < -0.39 is 21.7 Å². The minimum atomic E-state index is -3.73. The summed E-state index contributed by atoms with van der Waals surface area (Å²) in [5.41, 5.74) is 1.15. The van der Waals surface area contributed by atoms with E-state index in [1.54, 1.807) is 36.4 Å². The second-order valence-corrected chi connectivity index (χ2v) is 9.36. The largest absolute Gasteiger partial charge is 0.494 e. The molecular weight excluding hydrogens is 455 g/mol. The highest BCUT2D eigenvalue weighted by Gasteiger charge is 2.22. The monoisotopic (exact) mass is 476 g/mol. The normalized spacial score (nSPS) is 11.4. The van der Waals surface area contributed by atoms with Crippen molar-refractivity contribution in [2.75, 3.05) is 19.0 Å². The molecule has 3 aromatic carbocycles. The number of carbonyl (C=O) groups is 1. The maximum absolute atomic E-state index is 13.4. The van der Waals surface area contributed by atoms with Crippen LogP contribution >= 0.6 is 11.6 Å². The number of nitrogens with zero attached hydrogens (tertiary/aromatic N) is 1. The summed E-state index contributed by atoms with van der Waals surface area (Å²) in [4.78, 5) is 12.9. The van der Waals surface area contributed by atoms with Gasteiger partial charge in [0.25, 0.3) is 5.91 Å². The number of sulfonamides is 1. The Morgan fingerprint density at radius 1 is 1.09 bits per heavy atom. The molecule has 0 aliphatic heterocycles. The van der Waals surface area contributed by atoms with E-state index in [9.17, 15) is 17.6 Å². The van der Waals surface area contributed by atoms with Gasteiger partial charge in [-0.3, -0.25) is 4.79 Å². The van der Waals surface area contributed by atoms with Crippen molar-refractivity contribution in [1.82, 2.24) is 4.31 Å². The lowest BCUT2D eigenvalue weighted by molar-refractivity contribution is 0.102. The smallest absolute Gasteiger partial charge is 0.255 e. The number of amides is 1. The van der Waals surface area contributed by atoms with Crippen LogP contribution in [0.4, 0.5) is 10.1 Å². The summed E-state index contributed by atoms with van der Waals surface area (Å²) in [5.74, 6) is -0.565. The van der Waals surface area contributed by atoms with E-state index in [2.05, 4.69) is 5.32 Å². The molecule has 6 nitrogen and oxygen atoms in total. The van der Waals surface area contributed by atoms with Crippen molar-refractivity contribution in [3.8, 4) is 5.75 Å². The van der Waals surface area contributed by atoms with Crippen LogP contribution in [-0.4, -0.2) is 32.3 Å². The summed E-state index contributed by atoms with van der Waals surface area (Å²) >= 11 is 5.77. The Kier molecular flexibility index (Phi) is 7.50. The molecule has 0 radical (unpaired) electrons. The van der Waals surface area contributed by atoms with Gasteiger partial charge in [-0.1, -0.05) is 29.8 Å². The lowest BCUT2D eigenvalue weighted by atomic mass is 10.1. The zero-order valence-corrected chi connectivity index (χ0v) is 19.1. The van der Waals surface area contributed by atoms with Crippen molar-refractivity contribution in [1.29, 1.82) is 0 Å². The number of nitrogens with one attached hydrogen (secondary N) is 1. The van der Waals surface area contributed by atoms with Gasteiger partial charge in [0.15, 0.2) is 0 Å². The number of hydrogen-bond donors (Lipinski definition) is 1. The van der Waals surface area contributed by atoms with Gasteiger partial charge in [0.1, 0.15) is 11.6 Å². The predicted octanol–water partition coefficient (Wildman–Crippen LogP) is 4.95. The number of rotatable bonds is 8. The molecule has 1 amide bonds. The molecule has 0 spiro atoms. The Morgan fingerprint density at radius 3 is 2.47 bits per heavy atom. The summed E-state index contributed by atoms with van der Waals surface area (Å²) < 4.78 is 46.0. The molecule has 3 aromatic rings. The maximum atomic E-state index is 13.4. The van der Waals surface area contributed by atoms with Crippen molar-refractivity contribution in [3.05, 3.63) is 88.7 Å². The number of ether oxygens (including phenoxy) is 1. The van der Waals surface area contributed by atoms with Gasteiger partial charge in [0.05, 0.1) is 16.5 Å². The minimum Gasteiger partial charge on any atom is -0.494 e. The van der Waals surface area contributed by atoms with Crippen molar-refractivity contribution in [2.24, 2.45) is 0 Å². The highest BCUT2D eigenvalue weighted by Crippen LogP contribution is 2.26. The van der Waals surface area contributed by atoms with Gasteiger partial charge in [-0.15, -0.1) is 0 Å². The van der Waals surface area contributed by atoms with Crippen LogP contribution in [0.5, 0.6) is 5.75 Å². The summed E-state index contributed by atoms with van der Waals surface area (Å²) in [6.07, 6.45) is 0. The van der Waals surface area contributed by atoms with Crippen LogP contribution in [0.3, 0.4) is 0 Å². The van der Waals surface area contributed by atoms with Crippen LogP contribution in [0.15, 0.2) is 71.6 Å². The fourth-order valence-corrected chi connectivity index (χ4v) is 4.37. The molecule has 0 aliphatic rings. The number of hydrogen-bond acceptors (Lipinski definition) is 4. The van der Waals surface area contributed by atoms with E-state index in [0.717, 1.165) is 6.07 Å². The lowest BCUT2D eigenvalue weighted by Gasteiger charge is -2.20. The summed E-state index contributed by atoms with van der Waals surface area (Å²) in [6.45, 7) is 2.19. The first-order chi connectivity index (χ1) is 15.2. The van der Waals surface area contributed by atoms with Crippen LogP contribution in [0.25, 0.3) is 0 Å². The average molecular weight is 477 g/mol. The number of halogens is 2. The third-order valence-corrected chi connectivity index (χ3v) is 6.75. The number of anilines is 1. The van der Waals surface area contributed by atoms with Gasteiger partial charge in [0, 0.05) is 30.4 Å². The molecule has 0 heterocycles. The molecule has 168 valence electrons. The molecule has 1 N–H and O–H groups in total. The number of benzene rings is 3. The molecule has 0 unspecified atom stereocenters. The Morgan fingerprint density at radius 2 is 1.81 bits per heavy atom. The van der Waals surface area contributed by atoms with Crippen molar-refractivity contribution in [2.45, 2.75) is 18.4 Å². The molecule has 0 atom stereocenters. The average Bonchev–Trinajstić information content (AvgIpc) is 2.78. The minimum absolute atomic E-state index is 0.00391. The molecule has 9 heteroatoms. The quantitative estimate of drug-likeness (QED) is 0.499. The topological polar surface area (TPSA) is 75.7 Å². The Hall–Kier alpha value is -2.94. The number of carbonyl (C=O) groups excluding carboxylic acids is 1. The molecule has 0 saturated carbocycles. The van der Waals surface area contributed by atoms with Crippen LogP contribution in [0, 0.1) is 5.82 Å². The van der Waals surface area contributed by atoms with E-state index in [1.165, 1.54) is 35.6 Å². The molecule has 0 aliphatic carbocycles. The van der Waals surface area contributed by atoms with Gasteiger partial charge in [-0.05, 0) is 55.5 Å². The predicted molar refractivity (Wildman–Crippen MR) is 122 cm³/mol. The SMILES string of the molecule is CCOc1ccc(C(=O)Nc2ccc(F)c(Cl)c2)cc1CN(C)S(=O)(=O)c1ccccc1. The van der Waals surface area contributed by atoms with Gasteiger partial charge < -0.3 is 10.1 Å². The molecule has 0 bridgehead atoms. The third-order valence-electron chi connectivity index (χ3n) is 4.64. The second kappa shape index (κ2) is 10.1. The zero-order chi connectivity index (χ0) is 23.3. The van der Waals surface area contributed by atoms with Gasteiger partial charge in [-0.25, -0.2) is 12.8 Å². The fraction of sp³-hybridized carbons (Fsp3) is 0.174. The Bertz CT molecular complexity index is 1220. The zero-order valence-electron chi connectivity index (χ0n) is 17.5. The van der Waals surface area contributed by atoms with Crippen LogP contribution < -0.4 is 10.1 Å².